The van der Waals surface area contributed by atoms with Crippen LogP contribution in [0.2, 0.25) is 10.0 Å². The van der Waals surface area contributed by atoms with Crippen molar-refractivity contribution in [1.82, 2.24) is 0 Å². The minimum Gasteiger partial charge on any atom is -0.286 e. The second-order valence-electron chi connectivity index (χ2n) is 7.76. The third-order valence-electron chi connectivity index (χ3n) is 5.98. The molecule has 1 aliphatic heterocycles. The molecule has 0 aromatic heterocycles. The number of halogens is 2. The molecule has 0 saturated carbocycles. The van der Waals surface area contributed by atoms with Crippen LogP contribution in [0.5, 0.6) is 0 Å². The van der Waals surface area contributed by atoms with Gasteiger partial charge in [0.25, 0.3) is 0 Å². The SMILES string of the molecule is [C-]#[N+]c1cccc([C@@H]2N(c3ccc(Cl)cc3)C(=O)N(c3ccc(Cl)cc3)[C@]2(C)CC)c1. The molecule has 1 fully saturated rings. The van der Waals surface area contributed by atoms with E-state index in [9.17, 15) is 4.79 Å². The van der Waals surface area contributed by atoms with Crippen LogP contribution in [0, 0.1) is 6.57 Å². The van der Waals surface area contributed by atoms with E-state index in [1.54, 1.807) is 35.2 Å². The Morgan fingerprint density at radius 1 is 0.968 bits per heavy atom. The molecule has 4 nitrogen and oxygen atoms in total. The van der Waals surface area contributed by atoms with Crippen molar-refractivity contribution in [2.24, 2.45) is 0 Å². The van der Waals surface area contributed by atoms with Gasteiger partial charge in [-0.2, -0.15) is 0 Å². The van der Waals surface area contributed by atoms with Crippen molar-refractivity contribution in [1.29, 1.82) is 0 Å². The van der Waals surface area contributed by atoms with Gasteiger partial charge in [0.15, 0.2) is 5.69 Å². The van der Waals surface area contributed by atoms with Crippen LogP contribution in [0.3, 0.4) is 0 Å². The quantitative estimate of drug-likeness (QED) is 0.371. The van der Waals surface area contributed by atoms with E-state index < -0.39 is 5.54 Å². The summed E-state index contributed by atoms with van der Waals surface area (Å²) >= 11 is 12.2. The van der Waals surface area contributed by atoms with E-state index in [1.165, 1.54) is 0 Å². The number of urea groups is 1. The van der Waals surface area contributed by atoms with Crippen molar-refractivity contribution in [3.05, 3.63) is 99.8 Å². The fourth-order valence-electron chi connectivity index (χ4n) is 4.32. The second-order valence-corrected chi connectivity index (χ2v) is 8.63. The zero-order valence-corrected chi connectivity index (χ0v) is 18.7. The van der Waals surface area contributed by atoms with Crippen molar-refractivity contribution in [3.8, 4) is 0 Å². The summed E-state index contributed by atoms with van der Waals surface area (Å²) in [6.45, 7) is 11.6. The Bertz CT molecular complexity index is 1150. The minimum atomic E-state index is -0.564. The standard InChI is InChI=1S/C25H21Cl2N3O/c1-4-25(2)23(17-6-5-7-20(16-17)28-3)29(21-12-8-18(26)9-13-21)24(31)30(25)22-14-10-19(27)11-15-22/h5-16,23H,4H2,1-2H3/t23-,25+/m0/s1. The van der Waals surface area contributed by atoms with E-state index in [0.717, 1.165) is 16.9 Å². The molecule has 0 bridgehead atoms. The van der Waals surface area contributed by atoms with Crippen molar-refractivity contribution in [2.75, 3.05) is 9.80 Å². The highest BCUT2D eigenvalue weighted by atomic mass is 35.5. The van der Waals surface area contributed by atoms with Gasteiger partial charge in [-0.15, -0.1) is 0 Å². The monoisotopic (exact) mass is 449 g/mol. The number of nitrogens with zero attached hydrogens (tertiary/aromatic N) is 3. The fourth-order valence-corrected chi connectivity index (χ4v) is 4.57. The van der Waals surface area contributed by atoms with Gasteiger partial charge in [0.1, 0.15) is 0 Å². The van der Waals surface area contributed by atoms with E-state index in [1.807, 2.05) is 47.4 Å². The Morgan fingerprint density at radius 3 is 2.10 bits per heavy atom. The topological polar surface area (TPSA) is 27.9 Å². The van der Waals surface area contributed by atoms with E-state index >= 15 is 0 Å². The zero-order valence-electron chi connectivity index (χ0n) is 17.2. The first-order valence-electron chi connectivity index (χ1n) is 10.0. The molecular formula is C25H21Cl2N3O. The predicted molar refractivity (Wildman–Crippen MR) is 127 cm³/mol. The van der Waals surface area contributed by atoms with Crippen LogP contribution in [0.4, 0.5) is 21.9 Å². The summed E-state index contributed by atoms with van der Waals surface area (Å²) in [5, 5.41) is 1.22. The maximum Gasteiger partial charge on any atom is 0.330 e. The number of carbonyl (C=O) groups excluding carboxylic acids is 1. The van der Waals surface area contributed by atoms with Crippen LogP contribution in [-0.2, 0) is 0 Å². The first-order valence-corrected chi connectivity index (χ1v) is 10.8. The Morgan fingerprint density at radius 2 is 1.55 bits per heavy atom. The Labute approximate surface area is 192 Å². The van der Waals surface area contributed by atoms with Gasteiger partial charge in [-0.05, 0) is 67.4 Å². The van der Waals surface area contributed by atoms with Crippen LogP contribution in [0.15, 0.2) is 72.8 Å². The molecule has 1 heterocycles. The molecule has 3 aromatic rings. The van der Waals surface area contributed by atoms with Crippen molar-refractivity contribution in [3.63, 3.8) is 0 Å². The van der Waals surface area contributed by atoms with E-state index in [-0.39, 0.29) is 12.1 Å². The maximum atomic E-state index is 13.9. The van der Waals surface area contributed by atoms with E-state index in [2.05, 4.69) is 18.7 Å². The normalized spacial score (nSPS) is 20.7. The highest BCUT2D eigenvalue weighted by Crippen LogP contribution is 2.49. The number of benzene rings is 3. The number of anilines is 2. The summed E-state index contributed by atoms with van der Waals surface area (Å²) in [5.41, 5.74) is 2.43. The zero-order chi connectivity index (χ0) is 22.2. The molecule has 4 rings (SSSR count). The van der Waals surface area contributed by atoms with Gasteiger partial charge in [0.05, 0.1) is 18.2 Å². The van der Waals surface area contributed by atoms with Crippen LogP contribution in [-0.4, -0.2) is 11.6 Å². The largest absolute Gasteiger partial charge is 0.330 e. The highest BCUT2D eigenvalue weighted by molar-refractivity contribution is 6.31. The number of carbonyl (C=O) groups is 1. The molecule has 156 valence electrons. The lowest BCUT2D eigenvalue weighted by atomic mass is 9.83. The van der Waals surface area contributed by atoms with Crippen LogP contribution < -0.4 is 9.80 Å². The average molecular weight is 450 g/mol. The van der Waals surface area contributed by atoms with Gasteiger partial charge < -0.3 is 0 Å². The van der Waals surface area contributed by atoms with Crippen molar-refractivity contribution < 1.29 is 4.79 Å². The molecular weight excluding hydrogens is 429 g/mol. The van der Waals surface area contributed by atoms with E-state index in [0.29, 0.717) is 22.2 Å². The molecule has 0 aliphatic carbocycles. The Balaban J connectivity index is 1.94. The second kappa shape index (κ2) is 8.26. The molecule has 0 unspecified atom stereocenters. The molecule has 3 aromatic carbocycles. The average Bonchev–Trinajstić information content (AvgIpc) is 3.02. The lowest BCUT2D eigenvalue weighted by Crippen LogP contribution is -2.45. The highest BCUT2D eigenvalue weighted by Gasteiger charge is 2.55. The predicted octanol–water partition coefficient (Wildman–Crippen LogP) is 7.90. The minimum absolute atomic E-state index is 0.132. The number of rotatable bonds is 4. The Hall–Kier alpha value is -3.00. The van der Waals surface area contributed by atoms with Gasteiger partial charge in [0, 0.05) is 21.4 Å². The summed E-state index contributed by atoms with van der Waals surface area (Å²) in [7, 11) is 0. The van der Waals surface area contributed by atoms with Crippen LogP contribution in [0.25, 0.3) is 4.85 Å². The first kappa shape index (κ1) is 21.2. The van der Waals surface area contributed by atoms with Gasteiger partial charge >= 0.3 is 6.03 Å². The number of amides is 2. The van der Waals surface area contributed by atoms with Crippen molar-refractivity contribution >= 4 is 46.3 Å². The van der Waals surface area contributed by atoms with Gasteiger partial charge in [-0.3, -0.25) is 9.80 Å². The van der Waals surface area contributed by atoms with E-state index in [4.69, 9.17) is 29.8 Å². The van der Waals surface area contributed by atoms with Gasteiger partial charge in [-0.25, -0.2) is 9.64 Å². The summed E-state index contributed by atoms with van der Waals surface area (Å²) in [5.74, 6) is 0. The molecule has 0 spiro atoms. The molecule has 31 heavy (non-hydrogen) atoms. The van der Waals surface area contributed by atoms with Crippen LogP contribution >= 0.6 is 23.2 Å². The third kappa shape index (κ3) is 3.65. The molecule has 0 N–H and O–H groups in total. The molecule has 2 amide bonds. The Kier molecular flexibility index (Phi) is 5.66. The summed E-state index contributed by atoms with van der Waals surface area (Å²) < 4.78 is 0. The summed E-state index contributed by atoms with van der Waals surface area (Å²) in [4.78, 5) is 21.2. The molecule has 1 saturated heterocycles. The lowest BCUT2D eigenvalue weighted by molar-refractivity contribution is 0.254. The third-order valence-corrected chi connectivity index (χ3v) is 6.48. The molecule has 1 aliphatic rings. The van der Waals surface area contributed by atoms with Gasteiger partial charge in [0.2, 0.25) is 0 Å². The number of hydrogen-bond donors (Lipinski definition) is 0. The first-order chi connectivity index (χ1) is 14.9. The maximum absolute atomic E-state index is 13.9. The summed E-state index contributed by atoms with van der Waals surface area (Å²) in [6, 6.07) is 21.7. The molecule has 6 heteroatoms. The van der Waals surface area contributed by atoms with Crippen molar-refractivity contribution in [2.45, 2.75) is 31.8 Å². The lowest BCUT2D eigenvalue weighted by Gasteiger charge is -2.38. The fraction of sp³-hybridized carbons (Fsp3) is 0.200. The summed E-state index contributed by atoms with van der Waals surface area (Å²) in [6.07, 6.45) is 0.707. The van der Waals surface area contributed by atoms with Gasteiger partial charge in [-0.1, -0.05) is 54.4 Å². The smallest absolute Gasteiger partial charge is 0.286 e. The molecule has 2 atom stereocenters. The number of hydrogen-bond acceptors (Lipinski definition) is 1. The molecule has 0 radical (unpaired) electrons. The van der Waals surface area contributed by atoms with Crippen LogP contribution in [0.1, 0.15) is 31.9 Å².